The van der Waals surface area contributed by atoms with Crippen molar-refractivity contribution in [2.45, 2.75) is 0 Å². The maximum Gasteiger partial charge on any atom is 0.239 e. The molecule has 0 unspecified atom stereocenters. The summed E-state index contributed by atoms with van der Waals surface area (Å²) in [5, 5.41) is 0. The minimum atomic E-state index is -2.72. The highest BCUT2D eigenvalue weighted by Gasteiger charge is 1.97. The molecule has 0 saturated carbocycles. The molecule has 0 atom stereocenters. The van der Waals surface area contributed by atoms with E-state index in [0.717, 1.165) is 0 Å². The van der Waals surface area contributed by atoms with Gasteiger partial charge in [-0.3, -0.25) is 4.72 Å². The zero-order valence-electron chi connectivity index (χ0n) is 6.22. The molecular weight excluding hydrogens is 182 g/mol. The van der Waals surface area contributed by atoms with Crippen LogP contribution in [0.5, 0.6) is 5.88 Å². The van der Waals surface area contributed by atoms with Gasteiger partial charge < -0.3 is 4.74 Å². The summed E-state index contributed by atoms with van der Waals surface area (Å²) in [6.07, 6.45) is 1.40. The average molecular weight is 189 g/mol. The van der Waals surface area contributed by atoms with Gasteiger partial charge in [-0.15, -0.1) is 0 Å². The second kappa shape index (κ2) is 3.86. The number of ether oxygens (including phenoxy) is 1. The summed E-state index contributed by atoms with van der Waals surface area (Å²) in [6, 6.07) is 1.52. The van der Waals surface area contributed by atoms with Crippen LogP contribution >= 0.6 is 0 Å². The van der Waals surface area contributed by atoms with E-state index in [4.69, 9.17) is 4.74 Å². The normalized spacial score (nSPS) is 9.83. The van der Waals surface area contributed by atoms with Crippen molar-refractivity contribution in [3.63, 3.8) is 0 Å². The Kier molecular flexibility index (Phi) is 2.81. The first-order valence-electron chi connectivity index (χ1n) is 3.00. The molecule has 6 nitrogen and oxygen atoms in total. The third-order valence-electron chi connectivity index (χ3n) is 1.03. The Morgan fingerprint density at radius 3 is 2.92 bits per heavy atom. The predicted molar refractivity (Wildman–Crippen MR) is 42.5 cm³/mol. The third-order valence-corrected chi connectivity index (χ3v) is 1.41. The Balaban J connectivity index is 2.86. The van der Waals surface area contributed by atoms with Crippen LogP contribution in [0.2, 0.25) is 0 Å². The molecule has 0 bridgehead atoms. The highest BCUT2D eigenvalue weighted by molar-refractivity contribution is 7.73. The van der Waals surface area contributed by atoms with E-state index in [1.807, 2.05) is 4.72 Å². The summed E-state index contributed by atoms with van der Waals surface area (Å²) in [7, 11) is -1.29. The molecule has 1 aromatic heterocycles. The Bertz CT molecular complexity index is 330. The van der Waals surface area contributed by atoms with Gasteiger partial charge in [0.15, 0.2) is 0 Å². The van der Waals surface area contributed by atoms with Crippen LogP contribution in [-0.4, -0.2) is 25.5 Å². The number of hydrogen-bond acceptors (Lipinski definition) is 5. The summed E-state index contributed by atoms with van der Waals surface area (Å²) < 4.78 is 27.1. The predicted octanol–water partition coefficient (Wildman–Crippen LogP) is -0.577. The van der Waals surface area contributed by atoms with Crippen LogP contribution in [0.25, 0.3) is 0 Å². The first kappa shape index (κ1) is 8.72. The van der Waals surface area contributed by atoms with Crippen molar-refractivity contribution in [3.05, 3.63) is 12.3 Å². The van der Waals surface area contributed by atoms with Crippen LogP contribution < -0.4 is 9.46 Å². The maximum absolute atomic E-state index is 10.2. The number of aromatic nitrogens is 2. The van der Waals surface area contributed by atoms with Gasteiger partial charge >= 0.3 is 0 Å². The van der Waals surface area contributed by atoms with Crippen molar-refractivity contribution in [1.29, 1.82) is 0 Å². The van der Waals surface area contributed by atoms with E-state index >= 15 is 0 Å². The van der Waals surface area contributed by atoms with Crippen molar-refractivity contribution in [2.24, 2.45) is 0 Å². The van der Waals surface area contributed by atoms with Crippen LogP contribution in [0.15, 0.2) is 12.3 Å². The first-order chi connectivity index (χ1) is 5.72. The number of nitrogens with zero attached hydrogens (tertiary/aromatic N) is 2. The van der Waals surface area contributed by atoms with E-state index < -0.39 is 10.9 Å². The van der Waals surface area contributed by atoms with Crippen LogP contribution in [0.3, 0.4) is 0 Å². The smallest absolute Gasteiger partial charge is 0.239 e. The molecule has 0 fully saturated rings. The van der Waals surface area contributed by atoms with Crippen LogP contribution in [0, 0.1) is 0 Å². The van der Waals surface area contributed by atoms with Crippen molar-refractivity contribution < 1.29 is 13.2 Å². The molecule has 0 aliphatic carbocycles. The Morgan fingerprint density at radius 2 is 2.33 bits per heavy atom. The monoisotopic (exact) mass is 189 g/mol. The first-order valence-corrected chi connectivity index (χ1v) is 4.18. The molecule has 0 amide bonds. The fraction of sp³-hybridized carbons (Fsp3) is 0.200. The second-order valence-electron chi connectivity index (χ2n) is 1.79. The van der Waals surface area contributed by atoms with E-state index in [2.05, 4.69) is 9.97 Å². The summed E-state index contributed by atoms with van der Waals surface area (Å²) in [5.41, 5.74) is 0. The SMILES string of the molecule is COc1ccnc(N[SH](=O)=O)n1. The molecule has 1 rings (SSSR count). The highest BCUT2D eigenvalue weighted by atomic mass is 32.2. The number of methoxy groups -OCH3 is 1. The fourth-order valence-electron chi connectivity index (χ4n) is 0.591. The van der Waals surface area contributed by atoms with Gasteiger partial charge in [0.25, 0.3) is 0 Å². The largest absolute Gasteiger partial charge is 0.481 e. The van der Waals surface area contributed by atoms with Crippen molar-refractivity contribution in [2.75, 3.05) is 11.8 Å². The third kappa shape index (κ3) is 2.35. The van der Waals surface area contributed by atoms with Crippen LogP contribution in [0.1, 0.15) is 0 Å². The van der Waals surface area contributed by atoms with E-state index in [0.29, 0.717) is 5.88 Å². The number of nitrogens with one attached hydrogen (secondary N) is 1. The topological polar surface area (TPSA) is 81.2 Å². The molecular formula is C5H7N3O3S. The molecule has 0 spiro atoms. The van der Waals surface area contributed by atoms with Crippen molar-refractivity contribution in [3.8, 4) is 5.88 Å². The van der Waals surface area contributed by atoms with E-state index in [1.165, 1.54) is 19.4 Å². The molecule has 0 radical (unpaired) electrons. The van der Waals surface area contributed by atoms with Crippen molar-refractivity contribution >= 4 is 16.8 Å². The van der Waals surface area contributed by atoms with Gasteiger partial charge in [-0.2, -0.15) is 4.98 Å². The molecule has 0 aromatic carbocycles. The number of rotatable bonds is 3. The standard InChI is InChI=1S/C5H7N3O3S/c1-11-4-2-3-6-5(7-4)8-12(9)10/h2-3,12H,1H3,(H,6,7,8,9,10). The molecule has 0 aliphatic rings. The lowest BCUT2D eigenvalue weighted by atomic mass is 10.6. The fourth-order valence-corrected chi connectivity index (χ4v) is 0.862. The number of anilines is 1. The minimum Gasteiger partial charge on any atom is -0.481 e. The molecule has 1 heterocycles. The van der Waals surface area contributed by atoms with Crippen LogP contribution in [0.4, 0.5) is 5.95 Å². The molecule has 0 saturated heterocycles. The van der Waals surface area contributed by atoms with Gasteiger partial charge in [-0.25, -0.2) is 13.4 Å². The summed E-state index contributed by atoms with van der Waals surface area (Å²) in [6.45, 7) is 0. The molecule has 12 heavy (non-hydrogen) atoms. The molecule has 1 aromatic rings. The lowest BCUT2D eigenvalue weighted by molar-refractivity contribution is 0.397. The van der Waals surface area contributed by atoms with Gasteiger partial charge in [0.1, 0.15) is 0 Å². The van der Waals surface area contributed by atoms with Gasteiger partial charge in [-0.1, -0.05) is 0 Å². The van der Waals surface area contributed by atoms with E-state index in [1.54, 1.807) is 0 Å². The molecule has 1 N–H and O–H groups in total. The summed E-state index contributed by atoms with van der Waals surface area (Å²) >= 11 is 0. The minimum absolute atomic E-state index is 0.00506. The zero-order valence-corrected chi connectivity index (χ0v) is 7.12. The van der Waals surface area contributed by atoms with Gasteiger partial charge in [0, 0.05) is 12.3 Å². The summed E-state index contributed by atoms with van der Waals surface area (Å²) in [5.74, 6) is 0.315. The van der Waals surface area contributed by atoms with Gasteiger partial charge in [-0.05, 0) is 0 Å². The lowest BCUT2D eigenvalue weighted by Crippen LogP contribution is -2.01. The quantitative estimate of drug-likeness (QED) is 0.622. The van der Waals surface area contributed by atoms with Crippen molar-refractivity contribution in [1.82, 2.24) is 9.97 Å². The number of thiol groups is 1. The lowest BCUT2D eigenvalue weighted by Gasteiger charge is -1.99. The maximum atomic E-state index is 10.2. The molecule has 0 aliphatic heterocycles. The number of hydrogen-bond donors (Lipinski definition) is 2. The Labute approximate surface area is 70.7 Å². The Hall–Kier alpha value is -1.37. The molecule has 66 valence electrons. The van der Waals surface area contributed by atoms with Crippen LogP contribution in [-0.2, 0) is 10.9 Å². The summed E-state index contributed by atoms with van der Waals surface area (Å²) in [4.78, 5) is 7.34. The second-order valence-corrected chi connectivity index (χ2v) is 2.53. The van der Waals surface area contributed by atoms with E-state index in [9.17, 15) is 8.42 Å². The average Bonchev–Trinajstić information content (AvgIpc) is 2.03. The zero-order chi connectivity index (χ0) is 8.97. The van der Waals surface area contributed by atoms with Gasteiger partial charge in [0.05, 0.1) is 7.11 Å². The van der Waals surface area contributed by atoms with Gasteiger partial charge in [0.2, 0.25) is 22.7 Å². The molecule has 7 heteroatoms. The highest BCUT2D eigenvalue weighted by Crippen LogP contribution is 2.06. The van der Waals surface area contributed by atoms with E-state index in [-0.39, 0.29) is 5.95 Å². The Morgan fingerprint density at radius 1 is 1.58 bits per heavy atom.